The summed E-state index contributed by atoms with van der Waals surface area (Å²) >= 11 is 0. The van der Waals surface area contributed by atoms with E-state index in [1.165, 1.54) is 0 Å². The topological polar surface area (TPSA) is 50.2 Å². The molecule has 1 heterocycles. The van der Waals surface area contributed by atoms with E-state index in [0.29, 0.717) is 6.54 Å². The van der Waals surface area contributed by atoms with E-state index in [4.69, 9.17) is 0 Å². The van der Waals surface area contributed by atoms with Gasteiger partial charge in [0.1, 0.15) is 5.54 Å². The highest BCUT2D eigenvalue weighted by atomic mass is 16.2. The number of carbonyl (C=O) groups is 1. The van der Waals surface area contributed by atoms with E-state index in [9.17, 15) is 4.79 Å². The lowest BCUT2D eigenvalue weighted by atomic mass is 9.89. The van der Waals surface area contributed by atoms with Crippen LogP contribution in [0.15, 0.2) is 42.9 Å². The van der Waals surface area contributed by atoms with Crippen molar-refractivity contribution in [1.82, 2.24) is 19.8 Å². The van der Waals surface area contributed by atoms with E-state index in [2.05, 4.69) is 10.3 Å². The molecule has 1 aromatic carbocycles. The molecule has 1 N–H and O–H groups in total. The first-order valence-electron chi connectivity index (χ1n) is 6.92. The molecule has 0 saturated carbocycles. The molecule has 0 saturated heterocycles. The zero-order valence-electron chi connectivity index (χ0n) is 13.0. The normalized spacial score (nSPS) is 14.0. The average Bonchev–Trinajstić information content (AvgIpc) is 2.89. The number of hydrogen-bond donors (Lipinski definition) is 1. The van der Waals surface area contributed by atoms with Crippen LogP contribution in [0.4, 0.5) is 0 Å². The maximum atomic E-state index is 12.7. The Morgan fingerprint density at radius 2 is 2.00 bits per heavy atom. The molecule has 0 aliphatic carbocycles. The van der Waals surface area contributed by atoms with Crippen molar-refractivity contribution in [2.24, 2.45) is 7.05 Å². The number of amides is 1. The summed E-state index contributed by atoms with van der Waals surface area (Å²) in [5, 5.41) is 3.00. The maximum absolute atomic E-state index is 12.7. The first-order chi connectivity index (χ1) is 9.96. The van der Waals surface area contributed by atoms with Gasteiger partial charge in [0.05, 0.1) is 18.6 Å². The zero-order chi connectivity index (χ0) is 15.5. The lowest BCUT2D eigenvalue weighted by Crippen LogP contribution is -2.51. The molecule has 0 aliphatic heterocycles. The minimum Gasteiger partial charge on any atom is -0.349 e. The van der Waals surface area contributed by atoms with Crippen molar-refractivity contribution in [2.45, 2.75) is 19.0 Å². The molecular formula is C16H22N4O. The Morgan fingerprint density at radius 1 is 1.33 bits per heavy atom. The minimum absolute atomic E-state index is 0.0279. The fourth-order valence-corrected chi connectivity index (χ4v) is 2.25. The Balaban J connectivity index is 2.19. The smallest absolute Gasteiger partial charge is 0.245 e. The van der Waals surface area contributed by atoms with Crippen LogP contribution in [0.25, 0.3) is 0 Å². The van der Waals surface area contributed by atoms with Gasteiger partial charge in [0.15, 0.2) is 0 Å². The molecule has 0 bridgehead atoms. The van der Waals surface area contributed by atoms with Crippen molar-refractivity contribution in [3.63, 3.8) is 0 Å². The van der Waals surface area contributed by atoms with Crippen molar-refractivity contribution in [3.8, 4) is 0 Å². The Morgan fingerprint density at radius 3 is 2.52 bits per heavy atom. The number of likely N-dealkylation sites (N-methyl/N-ethyl adjacent to an activating group) is 1. The van der Waals surface area contributed by atoms with Crippen LogP contribution in [0.3, 0.4) is 0 Å². The summed E-state index contributed by atoms with van der Waals surface area (Å²) in [5.41, 5.74) is 1.23. The van der Waals surface area contributed by atoms with Gasteiger partial charge >= 0.3 is 0 Å². The number of nitrogens with one attached hydrogen (secondary N) is 1. The highest BCUT2D eigenvalue weighted by molar-refractivity contribution is 5.87. The molecular weight excluding hydrogens is 264 g/mol. The van der Waals surface area contributed by atoms with Crippen LogP contribution in [-0.2, 0) is 23.9 Å². The Labute approximate surface area is 125 Å². The predicted octanol–water partition coefficient (Wildman–Crippen LogP) is 1.51. The van der Waals surface area contributed by atoms with E-state index in [1.54, 1.807) is 12.5 Å². The maximum Gasteiger partial charge on any atom is 0.245 e. The van der Waals surface area contributed by atoms with Crippen LogP contribution >= 0.6 is 0 Å². The second-order valence-electron chi connectivity index (χ2n) is 5.51. The predicted molar refractivity (Wildman–Crippen MR) is 82.5 cm³/mol. The third-order valence-electron chi connectivity index (χ3n) is 4.02. The van der Waals surface area contributed by atoms with Gasteiger partial charge in [-0.05, 0) is 26.6 Å². The Hall–Kier alpha value is -2.14. The number of hydrogen-bond acceptors (Lipinski definition) is 3. The summed E-state index contributed by atoms with van der Waals surface area (Å²) < 4.78 is 1.90. The zero-order valence-corrected chi connectivity index (χ0v) is 13.0. The SMILES string of the molecule is CN(C)C(C)(C(=O)NCc1cncn1C)c1ccccc1. The summed E-state index contributed by atoms with van der Waals surface area (Å²) in [7, 11) is 5.74. The largest absolute Gasteiger partial charge is 0.349 e. The van der Waals surface area contributed by atoms with Gasteiger partial charge in [-0.3, -0.25) is 9.69 Å². The number of imidazole rings is 1. The summed E-state index contributed by atoms with van der Waals surface area (Å²) in [6.45, 7) is 2.40. The van der Waals surface area contributed by atoms with Gasteiger partial charge < -0.3 is 9.88 Å². The van der Waals surface area contributed by atoms with Gasteiger partial charge in [-0.1, -0.05) is 30.3 Å². The number of nitrogens with zero attached hydrogens (tertiary/aromatic N) is 3. The van der Waals surface area contributed by atoms with Gasteiger partial charge in [-0.2, -0.15) is 0 Å². The van der Waals surface area contributed by atoms with Crippen molar-refractivity contribution < 1.29 is 4.79 Å². The van der Waals surface area contributed by atoms with Crippen LogP contribution in [0.1, 0.15) is 18.2 Å². The van der Waals surface area contributed by atoms with Crippen molar-refractivity contribution in [2.75, 3.05) is 14.1 Å². The fraction of sp³-hybridized carbons (Fsp3) is 0.375. The lowest BCUT2D eigenvalue weighted by molar-refractivity contribution is -0.131. The molecule has 1 aromatic heterocycles. The molecule has 0 radical (unpaired) electrons. The number of benzene rings is 1. The van der Waals surface area contributed by atoms with Gasteiger partial charge in [-0.25, -0.2) is 4.98 Å². The molecule has 0 fully saturated rings. The molecule has 112 valence electrons. The van der Waals surface area contributed by atoms with Gasteiger partial charge in [0, 0.05) is 13.2 Å². The number of aryl methyl sites for hydroxylation is 1. The summed E-state index contributed by atoms with van der Waals surface area (Å²) in [6.07, 6.45) is 3.49. The van der Waals surface area contributed by atoms with Crippen molar-refractivity contribution in [3.05, 3.63) is 54.1 Å². The lowest BCUT2D eigenvalue weighted by Gasteiger charge is -2.35. The molecule has 0 spiro atoms. The first-order valence-corrected chi connectivity index (χ1v) is 6.92. The molecule has 5 nitrogen and oxygen atoms in total. The van der Waals surface area contributed by atoms with E-state index in [-0.39, 0.29) is 5.91 Å². The molecule has 21 heavy (non-hydrogen) atoms. The second-order valence-corrected chi connectivity index (χ2v) is 5.51. The van der Waals surface area contributed by atoms with Crippen LogP contribution in [0.5, 0.6) is 0 Å². The van der Waals surface area contributed by atoms with E-state index < -0.39 is 5.54 Å². The number of aromatic nitrogens is 2. The second kappa shape index (κ2) is 6.10. The van der Waals surface area contributed by atoms with Crippen LogP contribution in [-0.4, -0.2) is 34.5 Å². The van der Waals surface area contributed by atoms with Crippen molar-refractivity contribution in [1.29, 1.82) is 0 Å². The van der Waals surface area contributed by atoms with E-state index in [0.717, 1.165) is 11.3 Å². The molecule has 5 heteroatoms. The quantitative estimate of drug-likeness (QED) is 0.906. The monoisotopic (exact) mass is 286 g/mol. The third-order valence-corrected chi connectivity index (χ3v) is 4.02. The molecule has 2 aromatic rings. The molecule has 1 atom stereocenters. The molecule has 2 rings (SSSR count). The average molecular weight is 286 g/mol. The van der Waals surface area contributed by atoms with Crippen LogP contribution in [0, 0.1) is 0 Å². The Kier molecular flexibility index (Phi) is 4.43. The molecule has 1 unspecified atom stereocenters. The van der Waals surface area contributed by atoms with Crippen molar-refractivity contribution >= 4 is 5.91 Å². The van der Waals surface area contributed by atoms with Gasteiger partial charge in [0.2, 0.25) is 5.91 Å². The minimum atomic E-state index is -0.708. The van der Waals surface area contributed by atoms with Gasteiger partial charge in [0.25, 0.3) is 0 Å². The molecule has 1 amide bonds. The standard InChI is InChI=1S/C16H22N4O/c1-16(19(2)3,13-8-6-5-7-9-13)15(21)18-11-14-10-17-12-20(14)4/h5-10,12H,11H2,1-4H3,(H,18,21). The summed E-state index contributed by atoms with van der Waals surface area (Å²) in [6, 6.07) is 9.80. The first kappa shape index (κ1) is 15.3. The van der Waals surface area contributed by atoms with Crippen LogP contribution in [0.2, 0.25) is 0 Å². The Bertz CT molecular complexity index is 606. The van der Waals surface area contributed by atoms with Crippen LogP contribution < -0.4 is 5.32 Å². The number of carbonyl (C=O) groups excluding carboxylic acids is 1. The van der Waals surface area contributed by atoms with Gasteiger partial charge in [-0.15, -0.1) is 0 Å². The third kappa shape index (κ3) is 2.97. The van der Waals surface area contributed by atoms with E-state index >= 15 is 0 Å². The highest BCUT2D eigenvalue weighted by Gasteiger charge is 2.37. The number of rotatable bonds is 5. The summed E-state index contributed by atoms with van der Waals surface area (Å²) in [4.78, 5) is 18.7. The summed E-state index contributed by atoms with van der Waals surface area (Å²) in [5.74, 6) is -0.0279. The van der Waals surface area contributed by atoms with E-state index in [1.807, 2.05) is 67.9 Å². The highest BCUT2D eigenvalue weighted by Crippen LogP contribution is 2.26. The fourth-order valence-electron chi connectivity index (χ4n) is 2.25. The molecule has 0 aliphatic rings.